The second-order valence-corrected chi connectivity index (χ2v) is 6.25. The van der Waals surface area contributed by atoms with Crippen LogP contribution in [0.2, 0.25) is 0 Å². The summed E-state index contributed by atoms with van der Waals surface area (Å²) in [5.41, 5.74) is 7.14. The Balaban J connectivity index is 2.06. The maximum atomic E-state index is 2.51. The van der Waals surface area contributed by atoms with E-state index >= 15 is 0 Å². The van der Waals surface area contributed by atoms with Crippen LogP contribution in [0.25, 0.3) is 16.6 Å². The minimum atomic E-state index is 1.05. The lowest BCUT2D eigenvalue weighted by atomic mass is 10.0. The van der Waals surface area contributed by atoms with Crippen molar-refractivity contribution in [2.75, 3.05) is 13.6 Å². The average Bonchev–Trinajstić information content (AvgIpc) is 2.88. The molecule has 112 valence electrons. The predicted octanol–water partition coefficient (Wildman–Crippen LogP) is 4.18. The molecule has 2 nitrogen and oxygen atoms in total. The monoisotopic (exact) mass is 290 g/mol. The highest BCUT2D eigenvalue weighted by Crippen LogP contribution is 2.34. The molecule has 0 spiro atoms. The Morgan fingerprint density at radius 3 is 2.64 bits per heavy atom. The minimum Gasteiger partial charge on any atom is -0.313 e. The minimum absolute atomic E-state index is 1.05. The molecule has 2 aromatic carbocycles. The van der Waals surface area contributed by atoms with Gasteiger partial charge in [-0.1, -0.05) is 43.3 Å². The van der Waals surface area contributed by atoms with Crippen LogP contribution in [-0.4, -0.2) is 23.1 Å². The van der Waals surface area contributed by atoms with E-state index in [0.29, 0.717) is 0 Å². The molecule has 0 N–H and O–H groups in total. The van der Waals surface area contributed by atoms with Gasteiger partial charge in [-0.15, -0.1) is 0 Å². The first-order valence-corrected chi connectivity index (χ1v) is 8.17. The zero-order chi connectivity index (χ0) is 15.1. The predicted molar refractivity (Wildman–Crippen MR) is 92.7 cm³/mol. The highest BCUT2D eigenvalue weighted by atomic mass is 15.1. The van der Waals surface area contributed by atoms with Crippen LogP contribution in [0.3, 0.4) is 0 Å². The Labute approximate surface area is 132 Å². The van der Waals surface area contributed by atoms with Crippen molar-refractivity contribution in [3.63, 3.8) is 0 Å². The number of benzene rings is 2. The Bertz CT molecular complexity index is 829. The Hall–Kier alpha value is -2.06. The molecule has 0 radical (unpaired) electrons. The van der Waals surface area contributed by atoms with Gasteiger partial charge in [-0.25, -0.2) is 0 Å². The van der Waals surface area contributed by atoms with E-state index in [1.54, 1.807) is 0 Å². The van der Waals surface area contributed by atoms with Gasteiger partial charge in [0.25, 0.3) is 0 Å². The topological polar surface area (TPSA) is 8.17 Å². The smallest absolute Gasteiger partial charge is 0.0534 e. The second-order valence-electron chi connectivity index (χ2n) is 6.25. The van der Waals surface area contributed by atoms with Gasteiger partial charge in [-0.3, -0.25) is 0 Å². The molecule has 1 aromatic heterocycles. The first-order chi connectivity index (χ1) is 10.8. The van der Waals surface area contributed by atoms with Crippen molar-refractivity contribution >= 4 is 10.9 Å². The number of hydrogen-bond donors (Lipinski definition) is 0. The molecule has 0 atom stereocenters. The number of likely N-dealkylation sites (N-methyl/N-ethyl adjacent to an activating group) is 1. The molecule has 22 heavy (non-hydrogen) atoms. The summed E-state index contributed by atoms with van der Waals surface area (Å²) < 4.78 is 2.51. The van der Waals surface area contributed by atoms with Crippen LogP contribution in [0.5, 0.6) is 0 Å². The van der Waals surface area contributed by atoms with Crippen LogP contribution in [0.15, 0.2) is 48.5 Å². The normalized spacial score (nSPS) is 15.2. The molecule has 0 amide bonds. The first kappa shape index (κ1) is 13.6. The fraction of sp³-hybridized carbons (Fsp3) is 0.300. The quantitative estimate of drug-likeness (QED) is 0.687. The molecule has 4 rings (SSSR count). The van der Waals surface area contributed by atoms with Gasteiger partial charge in [0.1, 0.15) is 0 Å². The van der Waals surface area contributed by atoms with Crippen LogP contribution in [0.1, 0.15) is 23.7 Å². The van der Waals surface area contributed by atoms with Crippen LogP contribution in [-0.2, 0) is 19.4 Å². The van der Waals surface area contributed by atoms with Crippen molar-refractivity contribution in [1.82, 2.24) is 9.47 Å². The van der Waals surface area contributed by atoms with Crippen LogP contribution in [0.4, 0.5) is 0 Å². The van der Waals surface area contributed by atoms with Gasteiger partial charge in [0.2, 0.25) is 0 Å². The Morgan fingerprint density at radius 2 is 1.77 bits per heavy atom. The molecule has 2 heteroatoms. The van der Waals surface area contributed by atoms with Crippen molar-refractivity contribution in [3.05, 3.63) is 65.4 Å². The van der Waals surface area contributed by atoms with E-state index < -0.39 is 0 Å². The molecule has 1 aliphatic rings. The van der Waals surface area contributed by atoms with Crippen LogP contribution >= 0.6 is 0 Å². The fourth-order valence-corrected chi connectivity index (χ4v) is 3.75. The number of para-hydroxylation sites is 2. The number of aromatic nitrogens is 1. The van der Waals surface area contributed by atoms with E-state index in [1.165, 1.54) is 33.4 Å². The SMILES string of the molecule is CCc1ccccc1-n1c2c(c3ccccc31)CN(C)CC2. The standard InChI is InChI=1S/C20H22N2/c1-3-15-8-4-6-10-18(15)22-19-11-7-5-9-16(19)17-14-21(2)13-12-20(17)22/h4-11H,3,12-14H2,1-2H3. The van der Waals surface area contributed by atoms with Crippen molar-refractivity contribution in [3.8, 4) is 5.69 Å². The molecule has 0 saturated carbocycles. The highest BCUT2D eigenvalue weighted by molar-refractivity contribution is 5.87. The van der Waals surface area contributed by atoms with E-state index in [2.05, 4.69) is 72.0 Å². The molecule has 0 saturated heterocycles. The number of hydrogen-bond acceptors (Lipinski definition) is 1. The Morgan fingerprint density at radius 1 is 1.00 bits per heavy atom. The van der Waals surface area contributed by atoms with E-state index in [-0.39, 0.29) is 0 Å². The molecule has 0 unspecified atom stereocenters. The van der Waals surface area contributed by atoms with Crippen molar-refractivity contribution in [2.45, 2.75) is 26.3 Å². The zero-order valence-electron chi connectivity index (χ0n) is 13.3. The largest absolute Gasteiger partial charge is 0.313 e. The third kappa shape index (κ3) is 1.98. The highest BCUT2D eigenvalue weighted by Gasteiger charge is 2.23. The molecule has 3 aromatic rings. The van der Waals surface area contributed by atoms with E-state index in [1.807, 2.05) is 0 Å². The fourth-order valence-electron chi connectivity index (χ4n) is 3.75. The van der Waals surface area contributed by atoms with Gasteiger partial charge >= 0.3 is 0 Å². The Kier molecular flexibility index (Phi) is 3.27. The summed E-state index contributed by atoms with van der Waals surface area (Å²) >= 11 is 0. The van der Waals surface area contributed by atoms with Gasteiger partial charge in [0.05, 0.1) is 5.52 Å². The van der Waals surface area contributed by atoms with Gasteiger partial charge in [-0.05, 0) is 36.7 Å². The van der Waals surface area contributed by atoms with Gasteiger partial charge in [0, 0.05) is 36.3 Å². The summed E-state index contributed by atoms with van der Waals surface area (Å²) in [4.78, 5) is 2.42. The number of fused-ring (bicyclic) bond motifs is 3. The average molecular weight is 290 g/mol. The third-order valence-electron chi connectivity index (χ3n) is 4.86. The first-order valence-electron chi connectivity index (χ1n) is 8.17. The summed E-state index contributed by atoms with van der Waals surface area (Å²) in [7, 11) is 2.22. The summed E-state index contributed by atoms with van der Waals surface area (Å²) in [6, 6.07) is 17.7. The van der Waals surface area contributed by atoms with Crippen LogP contribution in [0, 0.1) is 0 Å². The molecule has 0 fully saturated rings. The van der Waals surface area contributed by atoms with Crippen molar-refractivity contribution < 1.29 is 0 Å². The number of rotatable bonds is 2. The van der Waals surface area contributed by atoms with Crippen LogP contribution < -0.4 is 0 Å². The maximum absolute atomic E-state index is 2.51. The van der Waals surface area contributed by atoms with Gasteiger partial charge in [-0.2, -0.15) is 0 Å². The zero-order valence-corrected chi connectivity index (χ0v) is 13.3. The molecular weight excluding hydrogens is 268 g/mol. The van der Waals surface area contributed by atoms with Crippen molar-refractivity contribution in [1.29, 1.82) is 0 Å². The molecular formula is C20H22N2. The second kappa shape index (κ2) is 5.29. The molecule has 1 aliphatic heterocycles. The lowest BCUT2D eigenvalue weighted by molar-refractivity contribution is 0.311. The van der Waals surface area contributed by atoms with Gasteiger partial charge < -0.3 is 9.47 Å². The number of nitrogens with zero attached hydrogens (tertiary/aromatic N) is 2. The summed E-state index contributed by atoms with van der Waals surface area (Å²) in [5, 5.41) is 1.41. The summed E-state index contributed by atoms with van der Waals surface area (Å²) in [6.07, 6.45) is 2.19. The maximum Gasteiger partial charge on any atom is 0.0534 e. The number of aryl methyl sites for hydroxylation is 1. The summed E-state index contributed by atoms with van der Waals surface area (Å²) in [5.74, 6) is 0. The van der Waals surface area contributed by atoms with E-state index in [0.717, 1.165) is 25.9 Å². The summed E-state index contributed by atoms with van der Waals surface area (Å²) in [6.45, 7) is 4.43. The lowest BCUT2D eigenvalue weighted by Crippen LogP contribution is -2.27. The van der Waals surface area contributed by atoms with Gasteiger partial charge in [0.15, 0.2) is 0 Å². The van der Waals surface area contributed by atoms with E-state index in [4.69, 9.17) is 0 Å². The molecule has 2 heterocycles. The lowest BCUT2D eigenvalue weighted by Gasteiger charge is -2.24. The molecule has 0 aliphatic carbocycles. The third-order valence-corrected chi connectivity index (χ3v) is 4.86. The molecule has 0 bridgehead atoms. The van der Waals surface area contributed by atoms with E-state index in [9.17, 15) is 0 Å². The van der Waals surface area contributed by atoms with Crippen molar-refractivity contribution in [2.24, 2.45) is 0 Å².